The van der Waals surface area contributed by atoms with Gasteiger partial charge in [-0.25, -0.2) is 5.84 Å². The van der Waals surface area contributed by atoms with Crippen LogP contribution in [0.2, 0.25) is 0 Å². The zero-order valence-electron chi connectivity index (χ0n) is 11.1. The highest BCUT2D eigenvalue weighted by atomic mass is 79.9. The van der Waals surface area contributed by atoms with E-state index in [0.29, 0.717) is 11.3 Å². The Hall–Kier alpha value is -2.18. The number of hydrogen-bond donors (Lipinski definition) is 3. The highest BCUT2D eigenvalue weighted by molar-refractivity contribution is 9.10. The summed E-state index contributed by atoms with van der Waals surface area (Å²) in [6.45, 7) is 0. The Bertz CT molecular complexity index is 656. The van der Waals surface area contributed by atoms with Crippen LogP contribution in [-0.4, -0.2) is 11.8 Å². The van der Waals surface area contributed by atoms with Crippen molar-refractivity contribution in [1.29, 1.82) is 0 Å². The van der Waals surface area contributed by atoms with Gasteiger partial charge >= 0.3 is 0 Å². The van der Waals surface area contributed by atoms with E-state index in [9.17, 15) is 9.59 Å². The number of carbonyl (C=O) groups is 2. The summed E-state index contributed by atoms with van der Waals surface area (Å²) in [6.07, 6.45) is 0.203. The van der Waals surface area contributed by atoms with Crippen LogP contribution in [0.4, 0.5) is 5.69 Å². The number of carbonyl (C=O) groups excluding carboxylic acids is 2. The van der Waals surface area contributed by atoms with E-state index in [4.69, 9.17) is 5.84 Å². The number of nitrogens with one attached hydrogen (secondary N) is 2. The lowest BCUT2D eigenvalue weighted by Gasteiger charge is -2.07. The van der Waals surface area contributed by atoms with Crippen molar-refractivity contribution in [2.24, 2.45) is 5.84 Å². The number of anilines is 1. The second-order valence-corrected chi connectivity index (χ2v) is 5.23. The van der Waals surface area contributed by atoms with Crippen LogP contribution in [0, 0.1) is 0 Å². The Morgan fingerprint density at radius 2 is 1.71 bits per heavy atom. The maximum absolute atomic E-state index is 12.1. The molecule has 0 spiro atoms. The quantitative estimate of drug-likeness (QED) is 0.450. The van der Waals surface area contributed by atoms with E-state index in [0.717, 1.165) is 10.0 Å². The molecule has 2 aromatic rings. The summed E-state index contributed by atoms with van der Waals surface area (Å²) in [5.41, 5.74) is 4.11. The molecule has 0 aliphatic rings. The number of amides is 2. The van der Waals surface area contributed by atoms with Gasteiger partial charge in [0.05, 0.1) is 12.0 Å². The van der Waals surface area contributed by atoms with E-state index < -0.39 is 0 Å². The molecule has 0 saturated carbocycles. The van der Waals surface area contributed by atoms with Crippen molar-refractivity contribution >= 4 is 33.4 Å². The van der Waals surface area contributed by atoms with Gasteiger partial charge in [-0.15, -0.1) is 0 Å². The van der Waals surface area contributed by atoms with E-state index in [-0.39, 0.29) is 18.2 Å². The third-order valence-corrected chi connectivity index (χ3v) is 3.55. The minimum Gasteiger partial charge on any atom is -0.322 e. The molecule has 0 fully saturated rings. The van der Waals surface area contributed by atoms with Gasteiger partial charge in [-0.3, -0.25) is 15.0 Å². The Balaban J connectivity index is 2.05. The normalized spacial score (nSPS) is 10.0. The molecule has 2 amide bonds. The summed E-state index contributed by atoms with van der Waals surface area (Å²) >= 11 is 3.34. The van der Waals surface area contributed by atoms with Gasteiger partial charge in [-0.05, 0) is 45.8 Å². The van der Waals surface area contributed by atoms with Crippen molar-refractivity contribution in [3.05, 3.63) is 64.1 Å². The van der Waals surface area contributed by atoms with Crippen molar-refractivity contribution in [3.8, 4) is 0 Å². The van der Waals surface area contributed by atoms with Gasteiger partial charge in [0.2, 0.25) is 5.91 Å². The van der Waals surface area contributed by atoms with E-state index in [1.54, 1.807) is 36.4 Å². The molecule has 4 N–H and O–H groups in total. The average Bonchev–Trinajstić information content (AvgIpc) is 2.49. The first-order valence-electron chi connectivity index (χ1n) is 6.24. The Morgan fingerprint density at radius 1 is 1.05 bits per heavy atom. The number of halogens is 1. The predicted octanol–water partition coefficient (Wildman–Crippen LogP) is 2.23. The molecule has 0 aliphatic carbocycles. The number of benzene rings is 2. The van der Waals surface area contributed by atoms with Crippen LogP contribution in [0.1, 0.15) is 15.9 Å². The molecule has 6 heteroatoms. The Kier molecular flexibility index (Phi) is 5.08. The molecule has 2 aromatic carbocycles. The van der Waals surface area contributed by atoms with E-state index in [1.165, 1.54) is 0 Å². The van der Waals surface area contributed by atoms with Crippen LogP contribution >= 0.6 is 15.9 Å². The molecule has 21 heavy (non-hydrogen) atoms. The number of hydrogen-bond acceptors (Lipinski definition) is 3. The van der Waals surface area contributed by atoms with Crippen LogP contribution in [-0.2, 0) is 11.2 Å². The summed E-state index contributed by atoms with van der Waals surface area (Å²) < 4.78 is 0.735. The van der Waals surface area contributed by atoms with Gasteiger partial charge in [-0.1, -0.05) is 24.3 Å². The van der Waals surface area contributed by atoms with Crippen molar-refractivity contribution in [2.45, 2.75) is 6.42 Å². The first-order valence-corrected chi connectivity index (χ1v) is 7.03. The molecule has 2 rings (SSSR count). The van der Waals surface area contributed by atoms with Gasteiger partial charge < -0.3 is 5.32 Å². The molecule has 0 aromatic heterocycles. The summed E-state index contributed by atoms with van der Waals surface area (Å²) in [5.74, 6) is 4.57. The molecule has 0 saturated heterocycles. The first-order chi connectivity index (χ1) is 10.1. The smallest absolute Gasteiger partial charge is 0.256 e. The summed E-state index contributed by atoms with van der Waals surface area (Å²) in [7, 11) is 0. The fourth-order valence-electron chi connectivity index (χ4n) is 1.79. The van der Waals surface area contributed by atoms with Gasteiger partial charge in [-0.2, -0.15) is 0 Å². The van der Waals surface area contributed by atoms with Crippen molar-refractivity contribution in [1.82, 2.24) is 5.43 Å². The number of nitrogens with two attached hydrogens (primary N) is 1. The summed E-state index contributed by atoms with van der Waals surface area (Å²) in [4.78, 5) is 23.3. The monoisotopic (exact) mass is 347 g/mol. The van der Waals surface area contributed by atoms with Gasteiger partial charge in [0, 0.05) is 10.2 Å². The molecule has 108 valence electrons. The lowest BCUT2D eigenvalue weighted by atomic mass is 10.1. The molecular weight excluding hydrogens is 334 g/mol. The molecule has 0 atom stereocenters. The maximum Gasteiger partial charge on any atom is 0.256 e. The Morgan fingerprint density at radius 3 is 2.33 bits per heavy atom. The lowest BCUT2D eigenvalue weighted by molar-refractivity contribution is -0.120. The van der Waals surface area contributed by atoms with Crippen molar-refractivity contribution in [3.63, 3.8) is 0 Å². The highest BCUT2D eigenvalue weighted by Gasteiger charge is 2.09. The molecule has 0 aliphatic heterocycles. The largest absolute Gasteiger partial charge is 0.322 e. The minimum atomic E-state index is -0.264. The van der Waals surface area contributed by atoms with Crippen LogP contribution in [0.3, 0.4) is 0 Å². The molecule has 0 unspecified atom stereocenters. The summed E-state index contributed by atoms with van der Waals surface area (Å²) in [6, 6.07) is 14.2. The second kappa shape index (κ2) is 7.01. The molecular formula is C15H14BrN3O2. The van der Waals surface area contributed by atoms with Crippen LogP contribution < -0.4 is 16.6 Å². The Labute approximate surface area is 130 Å². The van der Waals surface area contributed by atoms with Crippen LogP contribution in [0.15, 0.2) is 53.0 Å². The third kappa shape index (κ3) is 4.14. The van der Waals surface area contributed by atoms with Crippen LogP contribution in [0.5, 0.6) is 0 Å². The molecule has 0 radical (unpaired) electrons. The minimum absolute atomic E-state index is 0.199. The van der Waals surface area contributed by atoms with Crippen molar-refractivity contribution < 1.29 is 9.59 Å². The highest BCUT2D eigenvalue weighted by Crippen LogP contribution is 2.18. The predicted molar refractivity (Wildman–Crippen MR) is 84.6 cm³/mol. The number of rotatable bonds is 4. The average molecular weight is 348 g/mol. The topological polar surface area (TPSA) is 84.2 Å². The number of hydrazine groups is 1. The van der Waals surface area contributed by atoms with Gasteiger partial charge in [0.25, 0.3) is 5.91 Å². The SMILES string of the molecule is NNC(=O)Cc1ccc(NC(=O)c2ccccc2Br)cc1. The zero-order valence-corrected chi connectivity index (χ0v) is 12.7. The molecule has 0 bridgehead atoms. The van der Waals surface area contributed by atoms with Gasteiger partial charge in [0.1, 0.15) is 0 Å². The van der Waals surface area contributed by atoms with Crippen molar-refractivity contribution in [2.75, 3.05) is 5.32 Å². The van der Waals surface area contributed by atoms with Crippen LogP contribution in [0.25, 0.3) is 0 Å². The fraction of sp³-hybridized carbons (Fsp3) is 0.0667. The van der Waals surface area contributed by atoms with E-state index in [1.807, 2.05) is 12.1 Å². The molecule has 0 heterocycles. The first kappa shape index (κ1) is 15.2. The lowest BCUT2D eigenvalue weighted by Crippen LogP contribution is -2.31. The molecule has 5 nitrogen and oxygen atoms in total. The maximum atomic E-state index is 12.1. The standard InChI is InChI=1S/C15H14BrN3O2/c16-13-4-2-1-3-12(13)15(21)18-11-7-5-10(6-8-11)9-14(20)19-17/h1-8H,9,17H2,(H,18,21)(H,19,20). The van der Waals surface area contributed by atoms with Gasteiger partial charge in [0.15, 0.2) is 0 Å². The zero-order chi connectivity index (χ0) is 15.2. The van der Waals surface area contributed by atoms with E-state index >= 15 is 0 Å². The van der Waals surface area contributed by atoms with E-state index in [2.05, 4.69) is 26.7 Å². The summed E-state index contributed by atoms with van der Waals surface area (Å²) in [5, 5.41) is 2.80. The fourth-order valence-corrected chi connectivity index (χ4v) is 2.25. The third-order valence-electron chi connectivity index (χ3n) is 2.86. The second-order valence-electron chi connectivity index (χ2n) is 4.38.